The van der Waals surface area contributed by atoms with Crippen LogP contribution in [0.4, 0.5) is 5.82 Å². The molecule has 0 spiro atoms. The van der Waals surface area contributed by atoms with Gasteiger partial charge in [0.1, 0.15) is 6.07 Å². The van der Waals surface area contributed by atoms with Crippen molar-refractivity contribution in [3.63, 3.8) is 0 Å². The monoisotopic (exact) mass is 189 g/mol. The van der Waals surface area contributed by atoms with Crippen LogP contribution in [0, 0.1) is 18.3 Å². The van der Waals surface area contributed by atoms with Gasteiger partial charge in [0.2, 0.25) is 0 Å². The topological polar surface area (TPSA) is 65.2 Å². The standard InChI is InChI=1S/C9H11N5/c1-7-5-11-8(4-10)9(13-7)12-6-14(2)3/h5-6H,1-3H3. The van der Waals surface area contributed by atoms with Crippen molar-refractivity contribution >= 4 is 12.2 Å². The van der Waals surface area contributed by atoms with E-state index in [1.807, 2.05) is 27.1 Å². The van der Waals surface area contributed by atoms with Gasteiger partial charge in [-0.2, -0.15) is 5.26 Å². The molecule has 0 aliphatic rings. The molecular formula is C9H11N5. The third-order valence-electron chi connectivity index (χ3n) is 1.39. The zero-order valence-corrected chi connectivity index (χ0v) is 8.39. The number of rotatable bonds is 2. The minimum Gasteiger partial charge on any atom is -0.369 e. The van der Waals surface area contributed by atoms with Crippen LogP contribution in [-0.2, 0) is 0 Å². The molecule has 0 aliphatic carbocycles. The quantitative estimate of drug-likeness (QED) is 0.511. The van der Waals surface area contributed by atoms with Crippen LogP contribution in [0.2, 0.25) is 0 Å². The molecule has 5 nitrogen and oxygen atoms in total. The van der Waals surface area contributed by atoms with Crippen LogP contribution < -0.4 is 0 Å². The normalized spacial score (nSPS) is 10.1. The minimum atomic E-state index is 0.244. The SMILES string of the molecule is Cc1cnc(C#N)c(N=CN(C)C)n1. The number of aliphatic imine (C=N–C) groups is 1. The average Bonchev–Trinajstić information content (AvgIpc) is 2.15. The molecule has 1 rings (SSSR count). The van der Waals surface area contributed by atoms with Crippen molar-refractivity contribution in [3.05, 3.63) is 17.6 Å². The van der Waals surface area contributed by atoms with E-state index in [1.165, 1.54) is 0 Å². The number of aryl methyl sites for hydroxylation is 1. The van der Waals surface area contributed by atoms with Crippen molar-refractivity contribution in [2.45, 2.75) is 6.92 Å². The van der Waals surface area contributed by atoms with Crippen molar-refractivity contribution in [2.75, 3.05) is 14.1 Å². The van der Waals surface area contributed by atoms with E-state index >= 15 is 0 Å². The van der Waals surface area contributed by atoms with Crippen LogP contribution in [0.25, 0.3) is 0 Å². The summed E-state index contributed by atoms with van der Waals surface area (Å²) in [6.45, 7) is 1.81. The fraction of sp³-hybridized carbons (Fsp3) is 0.333. The molecule has 0 unspecified atom stereocenters. The first kappa shape index (κ1) is 10.1. The number of aromatic nitrogens is 2. The Bertz CT molecular complexity index is 389. The molecule has 0 aromatic carbocycles. The lowest BCUT2D eigenvalue weighted by Gasteiger charge is -2.02. The molecular weight excluding hydrogens is 178 g/mol. The first-order valence-electron chi connectivity index (χ1n) is 4.08. The van der Waals surface area contributed by atoms with E-state index in [1.54, 1.807) is 17.4 Å². The van der Waals surface area contributed by atoms with Crippen LogP contribution in [0.5, 0.6) is 0 Å². The first-order chi connectivity index (χ1) is 6.63. The molecule has 0 fully saturated rings. The highest BCUT2D eigenvalue weighted by atomic mass is 15.1. The van der Waals surface area contributed by atoms with Gasteiger partial charge in [0, 0.05) is 20.3 Å². The molecule has 1 aromatic rings. The second kappa shape index (κ2) is 4.33. The molecule has 1 aromatic heterocycles. The van der Waals surface area contributed by atoms with Crippen molar-refractivity contribution in [2.24, 2.45) is 4.99 Å². The Balaban J connectivity index is 3.06. The summed E-state index contributed by atoms with van der Waals surface area (Å²) >= 11 is 0. The van der Waals surface area contributed by atoms with Crippen LogP contribution in [0.15, 0.2) is 11.2 Å². The molecule has 0 bridgehead atoms. The highest BCUT2D eigenvalue weighted by Gasteiger charge is 2.02. The van der Waals surface area contributed by atoms with Gasteiger partial charge in [0.15, 0.2) is 11.5 Å². The zero-order chi connectivity index (χ0) is 10.6. The van der Waals surface area contributed by atoms with Crippen LogP contribution in [0.3, 0.4) is 0 Å². The Morgan fingerprint density at radius 2 is 2.29 bits per heavy atom. The fourth-order valence-electron chi connectivity index (χ4n) is 0.804. The summed E-state index contributed by atoms with van der Waals surface area (Å²) in [7, 11) is 3.69. The van der Waals surface area contributed by atoms with Gasteiger partial charge < -0.3 is 4.90 Å². The number of nitriles is 1. The van der Waals surface area contributed by atoms with Crippen molar-refractivity contribution in [1.29, 1.82) is 5.26 Å². The van der Waals surface area contributed by atoms with E-state index in [-0.39, 0.29) is 5.69 Å². The molecule has 0 aliphatic heterocycles. The largest absolute Gasteiger partial charge is 0.369 e. The minimum absolute atomic E-state index is 0.244. The van der Waals surface area contributed by atoms with Crippen molar-refractivity contribution < 1.29 is 0 Å². The average molecular weight is 189 g/mol. The molecule has 0 saturated heterocycles. The van der Waals surface area contributed by atoms with Crippen LogP contribution >= 0.6 is 0 Å². The fourth-order valence-corrected chi connectivity index (χ4v) is 0.804. The van der Waals surface area contributed by atoms with Gasteiger partial charge in [0.25, 0.3) is 0 Å². The molecule has 0 atom stereocenters. The molecule has 1 heterocycles. The number of nitrogens with zero attached hydrogens (tertiary/aromatic N) is 5. The summed E-state index contributed by atoms with van der Waals surface area (Å²) in [5.74, 6) is 0.362. The summed E-state index contributed by atoms with van der Waals surface area (Å²) < 4.78 is 0. The van der Waals surface area contributed by atoms with E-state index in [0.29, 0.717) is 5.82 Å². The molecule has 0 N–H and O–H groups in total. The maximum Gasteiger partial charge on any atom is 0.190 e. The third-order valence-corrected chi connectivity index (χ3v) is 1.39. The van der Waals surface area contributed by atoms with Gasteiger partial charge in [-0.1, -0.05) is 0 Å². The highest BCUT2D eigenvalue weighted by molar-refractivity contribution is 5.61. The summed E-state index contributed by atoms with van der Waals surface area (Å²) in [5.41, 5.74) is 0.989. The van der Waals surface area contributed by atoms with E-state index < -0.39 is 0 Å². The third kappa shape index (κ3) is 2.52. The Hall–Kier alpha value is -1.96. The molecule has 0 radical (unpaired) electrons. The first-order valence-corrected chi connectivity index (χ1v) is 4.08. The van der Waals surface area contributed by atoms with Gasteiger partial charge in [-0.25, -0.2) is 15.0 Å². The lowest BCUT2D eigenvalue weighted by Crippen LogP contribution is -2.07. The van der Waals surface area contributed by atoms with Gasteiger partial charge in [-0.3, -0.25) is 0 Å². The van der Waals surface area contributed by atoms with E-state index in [9.17, 15) is 0 Å². The van der Waals surface area contributed by atoms with Crippen molar-refractivity contribution in [3.8, 4) is 6.07 Å². The predicted octanol–water partition coefficient (Wildman–Crippen LogP) is 0.878. The van der Waals surface area contributed by atoms with Gasteiger partial charge in [0.05, 0.1) is 12.0 Å². The van der Waals surface area contributed by atoms with Gasteiger partial charge in [-0.05, 0) is 6.92 Å². The molecule has 0 amide bonds. The lowest BCUT2D eigenvalue weighted by molar-refractivity contribution is 0.643. The summed E-state index contributed by atoms with van der Waals surface area (Å²) in [6, 6.07) is 1.94. The zero-order valence-electron chi connectivity index (χ0n) is 8.39. The summed E-state index contributed by atoms with van der Waals surface area (Å²) in [5, 5.41) is 8.73. The smallest absolute Gasteiger partial charge is 0.190 e. The number of hydrogen-bond acceptors (Lipinski definition) is 4. The second-order valence-electron chi connectivity index (χ2n) is 3.00. The lowest BCUT2D eigenvalue weighted by atomic mass is 10.4. The van der Waals surface area contributed by atoms with E-state index in [4.69, 9.17) is 5.26 Å². The van der Waals surface area contributed by atoms with Crippen LogP contribution in [-0.4, -0.2) is 35.3 Å². The maximum absolute atomic E-state index is 8.73. The van der Waals surface area contributed by atoms with Crippen LogP contribution in [0.1, 0.15) is 11.4 Å². The number of hydrogen-bond donors (Lipinski definition) is 0. The molecule has 0 saturated carbocycles. The van der Waals surface area contributed by atoms with Gasteiger partial charge >= 0.3 is 0 Å². The molecule has 5 heteroatoms. The van der Waals surface area contributed by atoms with E-state index in [2.05, 4.69) is 15.0 Å². The second-order valence-corrected chi connectivity index (χ2v) is 3.00. The predicted molar refractivity (Wildman–Crippen MR) is 53.3 cm³/mol. The maximum atomic E-state index is 8.73. The summed E-state index contributed by atoms with van der Waals surface area (Å²) in [4.78, 5) is 13.8. The summed E-state index contributed by atoms with van der Waals surface area (Å²) in [6.07, 6.45) is 3.14. The van der Waals surface area contributed by atoms with Gasteiger partial charge in [-0.15, -0.1) is 0 Å². The Labute approximate surface area is 82.7 Å². The Morgan fingerprint density at radius 1 is 1.57 bits per heavy atom. The highest BCUT2D eigenvalue weighted by Crippen LogP contribution is 2.11. The molecule has 72 valence electrons. The Kier molecular flexibility index (Phi) is 3.13. The van der Waals surface area contributed by atoms with E-state index in [0.717, 1.165) is 5.69 Å². The Morgan fingerprint density at radius 3 is 2.86 bits per heavy atom. The molecule has 14 heavy (non-hydrogen) atoms. The van der Waals surface area contributed by atoms with Crippen molar-refractivity contribution in [1.82, 2.24) is 14.9 Å².